The molecule has 0 amide bonds. The average Bonchev–Trinajstić information content (AvgIpc) is 2.15. The quantitative estimate of drug-likeness (QED) is 0.786. The van der Waals surface area contributed by atoms with Crippen LogP contribution in [-0.2, 0) is 0 Å². The molecule has 1 saturated carbocycles. The van der Waals surface area contributed by atoms with Gasteiger partial charge in [0.25, 0.3) is 0 Å². The van der Waals surface area contributed by atoms with E-state index in [-0.39, 0.29) is 0 Å². The zero-order valence-electron chi connectivity index (χ0n) is 9.44. The number of nitrogens with zero attached hydrogens (tertiary/aromatic N) is 1. The van der Waals surface area contributed by atoms with Gasteiger partial charge in [0.05, 0.1) is 5.69 Å². The molecule has 3 nitrogen and oxygen atoms in total. The number of pyridine rings is 1. The number of hydrogen-bond donors (Lipinski definition) is 2. The first kappa shape index (κ1) is 11.3. The van der Waals surface area contributed by atoms with Gasteiger partial charge in [0.1, 0.15) is 4.99 Å². The number of hydrogen-bond acceptors (Lipinski definition) is 3. The van der Waals surface area contributed by atoms with Gasteiger partial charge in [-0.2, -0.15) is 0 Å². The summed E-state index contributed by atoms with van der Waals surface area (Å²) in [5.74, 6) is 0.807. The maximum Gasteiger partial charge on any atom is 0.122 e. The fourth-order valence-corrected chi connectivity index (χ4v) is 2.09. The molecule has 0 radical (unpaired) electrons. The SMILES string of the molecule is CC(Nc1ccnc(C(N)=S)c1)C1CCC1. The van der Waals surface area contributed by atoms with Crippen molar-refractivity contribution in [1.82, 2.24) is 4.98 Å². The second kappa shape index (κ2) is 4.78. The molecule has 1 aromatic rings. The molecule has 1 aromatic heterocycles. The van der Waals surface area contributed by atoms with Crippen molar-refractivity contribution in [3.63, 3.8) is 0 Å². The Morgan fingerprint density at radius 3 is 2.94 bits per heavy atom. The van der Waals surface area contributed by atoms with Crippen LogP contribution in [0.4, 0.5) is 5.69 Å². The van der Waals surface area contributed by atoms with E-state index in [4.69, 9.17) is 18.0 Å². The maximum absolute atomic E-state index is 5.55. The van der Waals surface area contributed by atoms with Crippen molar-refractivity contribution >= 4 is 22.9 Å². The topological polar surface area (TPSA) is 50.9 Å². The molecule has 3 N–H and O–H groups in total. The fourth-order valence-electron chi connectivity index (χ4n) is 1.98. The van der Waals surface area contributed by atoms with Crippen molar-refractivity contribution in [1.29, 1.82) is 0 Å². The second-order valence-corrected chi connectivity index (χ2v) is 4.86. The molecule has 1 fully saturated rings. The fraction of sp³-hybridized carbons (Fsp3) is 0.500. The summed E-state index contributed by atoms with van der Waals surface area (Å²) in [7, 11) is 0. The molecule has 0 aliphatic heterocycles. The number of thiocarbonyl (C=S) groups is 1. The van der Waals surface area contributed by atoms with Crippen molar-refractivity contribution in [2.24, 2.45) is 11.7 Å². The van der Waals surface area contributed by atoms with E-state index < -0.39 is 0 Å². The molecule has 86 valence electrons. The minimum atomic E-state index is 0.347. The van der Waals surface area contributed by atoms with Gasteiger partial charge in [-0.25, -0.2) is 0 Å². The highest BCUT2D eigenvalue weighted by Crippen LogP contribution is 2.30. The molecule has 2 rings (SSSR count). The molecule has 1 aliphatic carbocycles. The molecular formula is C12H17N3S. The molecule has 0 spiro atoms. The lowest BCUT2D eigenvalue weighted by Gasteiger charge is -2.32. The third-order valence-electron chi connectivity index (χ3n) is 3.26. The predicted molar refractivity (Wildman–Crippen MR) is 70.6 cm³/mol. The third-order valence-corrected chi connectivity index (χ3v) is 3.47. The van der Waals surface area contributed by atoms with Crippen LogP contribution in [-0.4, -0.2) is 16.0 Å². The van der Waals surface area contributed by atoms with E-state index >= 15 is 0 Å². The summed E-state index contributed by atoms with van der Waals surface area (Å²) in [4.78, 5) is 4.47. The van der Waals surface area contributed by atoms with Crippen LogP contribution in [0.25, 0.3) is 0 Å². The lowest BCUT2D eigenvalue weighted by atomic mass is 9.80. The number of nitrogens with one attached hydrogen (secondary N) is 1. The summed E-state index contributed by atoms with van der Waals surface area (Å²) in [5, 5.41) is 3.48. The molecule has 1 unspecified atom stereocenters. The molecule has 1 aliphatic rings. The number of anilines is 1. The Kier molecular flexibility index (Phi) is 3.39. The van der Waals surface area contributed by atoms with E-state index in [9.17, 15) is 0 Å². The minimum Gasteiger partial charge on any atom is -0.388 e. The van der Waals surface area contributed by atoms with E-state index in [1.165, 1.54) is 19.3 Å². The Labute approximate surface area is 101 Å². The third kappa shape index (κ3) is 2.50. The Bertz CT molecular complexity index is 388. The van der Waals surface area contributed by atoms with Crippen molar-refractivity contribution in [3.05, 3.63) is 24.0 Å². The first-order valence-electron chi connectivity index (χ1n) is 5.69. The lowest BCUT2D eigenvalue weighted by Crippen LogP contribution is -2.30. The summed E-state index contributed by atoms with van der Waals surface area (Å²) >= 11 is 4.91. The monoisotopic (exact) mass is 235 g/mol. The zero-order chi connectivity index (χ0) is 11.5. The summed E-state index contributed by atoms with van der Waals surface area (Å²) in [6.45, 7) is 2.23. The predicted octanol–water partition coefficient (Wildman–Crippen LogP) is 2.32. The van der Waals surface area contributed by atoms with Crippen LogP contribution in [0.1, 0.15) is 31.9 Å². The molecule has 16 heavy (non-hydrogen) atoms. The molecule has 0 bridgehead atoms. The lowest BCUT2D eigenvalue weighted by molar-refractivity contribution is 0.285. The zero-order valence-corrected chi connectivity index (χ0v) is 10.3. The largest absolute Gasteiger partial charge is 0.388 e. The van der Waals surface area contributed by atoms with Crippen LogP contribution in [0.2, 0.25) is 0 Å². The molecule has 4 heteroatoms. The summed E-state index contributed by atoms with van der Waals surface area (Å²) in [6.07, 6.45) is 5.78. The first-order chi connectivity index (χ1) is 7.66. The van der Waals surface area contributed by atoms with Crippen LogP contribution < -0.4 is 11.1 Å². The molecule has 1 heterocycles. The van der Waals surface area contributed by atoms with Gasteiger partial charge in [-0.05, 0) is 37.8 Å². The van der Waals surface area contributed by atoms with Crippen LogP contribution in [0, 0.1) is 5.92 Å². The van der Waals surface area contributed by atoms with Crippen molar-refractivity contribution < 1.29 is 0 Å². The molecular weight excluding hydrogens is 218 g/mol. The Morgan fingerprint density at radius 2 is 2.38 bits per heavy atom. The number of aromatic nitrogens is 1. The average molecular weight is 235 g/mol. The Balaban J connectivity index is 2.02. The van der Waals surface area contributed by atoms with Crippen molar-refractivity contribution in [2.45, 2.75) is 32.2 Å². The number of rotatable bonds is 4. The van der Waals surface area contributed by atoms with Gasteiger partial charge in [-0.1, -0.05) is 18.6 Å². The van der Waals surface area contributed by atoms with Gasteiger partial charge in [0.15, 0.2) is 0 Å². The van der Waals surface area contributed by atoms with E-state index in [2.05, 4.69) is 17.2 Å². The van der Waals surface area contributed by atoms with Crippen molar-refractivity contribution in [3.8, 4) is 0 Å². The molecule has 0 saturated heterocycles. The molecule has 0 aromatic carbocycles. The van der Waals surface area contributed by atoms with E-state index in [1.54, 1.807) is 6.20 Å². The van der Waals surface area contributed by atoms with Gasteiger partial charge in [-0.3, -0.25) is 4.98 Å². The van der Waals surface area contributed by atoms with Gasteiger partial charge in [0, 0.05) is 17.9 Å². The summed E-state index contributed by atoms with van der Waals surface area (Å²) in [5.41, 5.74) is 7.29. The first-order valence-corrected chi connectivity index (χ1v) is 6.10. The Morgan fingerprint density at radius 1 is 1.62 bits per heavy atom. The smallest absolute Gasteiger partial charge is 0.122 e. The van der Waals surface area contributed by atoms with Crippen LogP contribution >= 0.6 is 12.2 Å². The van der Waals surface area contributed by atoms with Gasteiger partial charge in [0.2, 0.25) is 0 Å². The van der Waals surface area contributed by atoms with Crippen LogP contribution in [0.15, 0.2) is 18.3 Å². The normalized spacial score (nSPS) is 17.6. The highest BCUT2D eigenvalue weighted by molar-refractivity contribution is 7.80. The standard InChI is InChI=1S/C12H17N3S/c1-8(9-3-2-4-9)15-10-5-6-14-11(7-10)12(13)16/h5-9H,2-4H2,1H3,(H2,13,16)(H,14,15). The highest BCUT2D eigenvalue weighted by atomic mass is 32.1. The minimum absolute atomic E-state index is 0.347. The van der Waals surface area contributed by atoms with Gasteiger partial charge >= 0.3 is 0 Å². The maximum atomic E-state index is 5.55. The molecule has 1 atom stereocenters. The van der Waals surface area contributed by atoms with Crippen LogP contribution in [0.5, 0.6) is 0 Å². The van der Waals surface area contributed by atoms with Gasteiger partial charge < -0.3 is 11.1 Å². The summed E-state index contributed by atoms with van der Waals surface area (Å²) < 4.78 is 0. The number of nitrogens with two attached hydrogens (primary N) is 1. The van der Waals surface area contributed by atoms with Crippen molar-refractivity contribution in [2.75, 3.05) is 5.32 Å². The van der Waals surface area contributed by atoms with E-state index in [1.807, 2.05) is 12.1 Å². The summed E-state index contributed by atoms with van der Waals surface area (Å²) in [6, 6.07) is 4.38. The highest BCUT2D eigenvalue weighted by Gasteiger charge is 2.23. The van der Waals surface area contributed by atoms with E-state index in [0.29, 0.717) is 16.7 Å². The van der Waals surface area contributed by atoms with E-state index in [0.717, 1.165) is 11.6 Å². The van der Waals surface area contributed by atoms with Crippen LogP contribution in [0.3, 0.4) is 0 Å². The second-order valence-electron chi connectivity index (χ2n) is 4.42. The Hall–Kier alpha value is -1.16. The van der Waals surface area contributed by atoms with Gasteiger partial charge in [-0.15, -0.1) is 0 Å².